The number of rotatable bonds is 5. The zero-order valence-electron chi connectivity index (χ0n) is 16.1. The van der Waals surface area contributed by atoms with E-state index in [4.69, 9.17) is 4.74 Å². The number of ether oxygens (including phenoxy) is 1. The van der Waals surface area contributed by atoms with E-state index >= 15 is 0 Å². The second kappa shape index (κ2) is 6.55. The highest BCUT2D eigenvalue weighted by Gasteiger charge is 2.37. The van der Waals surface area contributed by atoms with E-state index in [1.807, 2.05) is 18.3 Å². The molecule has 1 atom stereocenters. The first-order chi connectivity index (χ1) is 12.7. The van der Waals surface area contributed by atoms with Crippen LogP contribution in [-0.4, -0.2) is 36.7 Å². The quantitative estimate of drug-likeness (QED) is 0.774. The number of hydrogen-bond donors (Lipinski definition) is 0. The van der Waals surface area contributed by atoms with Gasteiger partial charge < -0.3 is 9.30 Å². The third-order valence-corrected chi connectivity index (χ3v) is 6.87. The van der Waals surface area contributed by atoms with Gasteiger partial charge in [0.2, 0.25) is 10.0 Å². The number of aryl methyl sites for hydroxylation is 2. The highest BCUT2D eigenvalue weighted by Crippen LogP contribution is 2.43. The van der Waals surface area contributed by atoms with Crippen LogP contribution in [0.1, 0.15) is 36.8 Å². The van der Waals surface area contributed by atoms with E-state index in [0.29, 0.717) is 24.4 Å². The molecule has 0 N–H and O–H groups in total. The maximum atomic E-state index is 12.2. The van der Waals surface area contributed by atoms with Crippen LogP contribution in [0.5, 0.6) is 0 Å². The summed E-state index contributed by atoms with van der Waals surface area (Å²) in [6.07, 6.45) is 8.99. The first kappa shape index (κ1) is 18.3. The summed E-state index contributed by atoms with van der Waals surface area (Å²) < 4.78 is 33.6. The van der Waals surface area contributed by atoms with E-state index in [1.165, 1.54) is 23.4 Å². The van der Waals surface area contributed by atoms with Gasteiger partial charge in [0.05, 0.1) is 12.9 Å². The smallest absolute Gasteiger partial charge is 0.253 e. The van der Waals surface area contributed by atoms with Crippen molar-refractivity contribution in [3.05, 3.63) is 51.3 Å². The highest BCUT2D eigenvalue weighted by molar-refractivity contribution is 7.88. The summed E-state index contributed by atoms with van der Waals surface area (Å²) in [5, 5.41) is 0. The monoisotopic (exact) mass is 390 g/mol. The molecule has 0 amide bonds. The van der Waals surface area contributed by atoms with Crippen LogP contribution >= 0.6 is 0 Å². The molecule has 2 aliphatic carbocycles. The van der Waals surface area contributed by atoms with Crippen molar-refractivity contribution in [3.63, 3.8) is 0 Å². The van der Waals surface area contributed by atoms with E-state index in [2.05, 4.69) is 0 Å². The average Bonchev–Trinajstić information content (AvgIpc) is 3.33. The maximum absolute atomic E-state index is 12.2. The van der Waals surface area contributed by atoms with Gasteiger partial charge in [-0.25, -0.2) is 8.42 Å². The molecule has 3 aliphatic rings. The summed E-state index contributed by atoms with van der Waals surface area (Å²) in [5.41, 5.74) is 3.27. The number of sulfonamides is 1. The van der Waals surface area contributed by atoms with Crippen LogP contribution in [0.4, 0.5) is 0 Å². The number of pyridine rings is 1. The number of hydrogen-bond acceptors (Lipinski definition) is 4. The minimum atomic E-state index is -3.29. The van der Waals surface area contributed by atoms with Crippen molar-refractivity contribution < 1.29 is 13.2 Å². The van der Waals surface area contributed by atoms with Crippen LogP contribution in [0.3, 0.4) is 0 Å². The normalized spacial score (nSPS) is 22.7. The molecule has 1 unspecified atom stereocenters. The van der Waals surface area contributed by atoms with Crippen molar-refractivity contribution in [1.29, 1.82) is 0 Å². The molecule has 7 heteroatoms. The molecule has 0 bridgehead atoms. The molecule has 2 fully saturated rings. The Morgan fingerprint density at radius 2 is 2.00 bits per heavy atom. The predicted octanol–water partition coefficient (Wildman–Crippen LogP) is 2.40. The van der Waals surface area contributed by atoms with E-state index in [1.54, 1.807) is 18.5 Å². The van der Waals surface area contributed by atoms with E-state index in [9.17, 15) is 13.2 Å². The molecule has 0 spiro atoms. The molecule has 1 aliphatic heterocycles. The van der Waals surface area contributed by atoms with Gasteiger partial charge in [0.15, 0.2) is 0 Å². The Hall–Kier alpha value is -2.02. The van der Waals surface area contributed by atoms with Crippen molar-refractivity contribution in [2.24, 2.45) is 18.9 Å². The topological polar surface area (TPSA) is 68.6 Å². The Bertz CT molecular complexity index is 973. The molecule has 1 aromatic heterocycles. The molecule has 1 saturated heterocycles. The molecule has 2 heterocycles. The van der Waals surface area contributed by atoms with Gasteiger partial charge in [0, 0.05) is 54.5 Å². The lowest BCUT2D eigenvalue weighted by Crippen LogP contribution is -2.27. The summed E-state index contributed by atoms with van der Waals surface area (Å²) in [6.45, 7) is 3.04. The number of allylic oxidation sites excluding steroid dienone is 4. The van der Waals surface area contributed by atoms with Crippen molar-refractivity contribution in [2.75, 3.05) is 19.4 Å². The first-order valence-corrected chi connectivity index (χ1v) is 11.3. The van der Waals surface area contributed by atoms with Crippen molar-refractivity contribution >= 4 is 15.6 Å². The van der Waals surface area contributed by atoms with Gasteiger partial charge in [0.25, 0.3) is 5.56 Å². The Kier molecular flexibility index (Phi) is 4.45. The summed E-state index contributed by atoms with van der Waals surface area (Å²) in [4.78, 5) is 12.1. The minimum Gasteiger partial charge on any atom is -0.497 e. The zero-order chi connectivity index (χ0) is 19.3. The molecule has 0 aromatic carbocycles. The van der Waals surface area contributed by atoms with Gasteiger partial charge in [-0.15, -0.1) is 0 Å². The van der Waals surface area contributed by atoms with Crippen molar-refractivity contribution in [3.8, 4) is 0 Å². The molecule has 4 rings (SSSR count). The maximum Gasteiger partial charge on any atom is 0.253 e. The summed E-state index contributed by atoms with van der Waals surface area (Å²) >= 11 is 0. The molecule has 6 nitrogen and oxygen atoms in total. The summed E-state index contributed by atoms with van der Waals surface area (Å²) in [7, 11) is -1.55. The lowest BCUT2D eigenvalue weighted by Gasteiger charge is -2.27. The van der Waals surface area contributed by atoms with Crippen LogP contribution in [0.25, 0.3) is 5.57 Å². The fourth-order valence-electron chi connectivity index (χ4n) is 3.98. The molecular weight excluding hydrogens is 364 g/mol. The van der Waals surface area contributed by atoms with Gasteiger partial charge in [-0.1, -0.05) is 0 Å². The minimum absolute atomic E-state index is 0.0280. The average molecular weight is 391 g/mol. The van der Waals surface area contributed by atoms with Gasteiger partial charge in [-0.3, -0.25) is 9.10 Å². The second-order valence-electron chi connectivity index (χ2n) is 8.01. The number of aromatic nitrogens is 1. The fraction of sp³-hybridized carbons (Fsp3) is 0.550. The van der Waals surface area contributed by atoms with Crippen LogP contribution in [-0.2, 0) is 21.8 Å². The van der Waals surface area contributed by atoms with Crippen LogP contribution < -0.4 is 5.56 Å². The predicted molar refractivity (Wildman–Crippen MR) is 104 cm³/mol. The van der Waals surface area contributed by atoms with Crippen LogP contribution in [0.2, 0.25) is 0 Å². The Labute approximate surface area is 160 Å². The Morgan fingerprint density at radius 3 is 2.63 bits per heavy atom. The van der Waals surface area contributed by atoms with Gasteiger partial charge in [-0.2, -0.15) is 0 Å². The molecule has 1 aromatic rings. The number of fused-ring (bicyclic) bond motifs is 1. The highest BCUT2D eigenvalue weighted by atomic mass is 32.2. The molecule has 27 heavy (non-hydrogen) atoms. The summed E-state index contributed by atoms with van der Waals surface area (Å²) in [5.74, 6) is 1.73. The van der Waals surface area contributed by atoms with Crippen LogP contribution in [0.15, 0.2) is 34.6 Å². The van der Waals surface area contributed by atoms with E-state index < -0.39 is 10.0 Å². The lowest BCUT2D eigenvalue weighted by molar-refractivity contribution is 0.184. The van der Waals surface area contributed by atoms with E-state index in [-0.39, 0.29) is 11.5 Å². The van der Waals surface area contributed by atoms with Crippen LogP contribution in [0, 0.1) is 18.8 Å². The SMILES string of the molecule is Cc1cc(C2=C(OCC3CC3)CC3CCN(S(C)(=O)=O)C3=C2)cn(C)c1=O. The van der Waals surface area contributed by atoms with E-state index in [0.717, 1.165) is 35.6 Å². The lowest BCUT2D eigenvalue weighted by atomic mass is 9.89. The van der Waals surface area contributed by atoms with Crippen molar-refractivity contribution in [2.45, 2.75) is 32.6 Å². The van der Waals surface area contributed by atoms with Gasteiger partial charge in [-0.05, 0) is 44.2 Å². The van der Waals surface area contributed by atoms with Gasteiger partial charge >= 0.3 is 0 Å². The molecule has 146 valence electrons. The molecular formula is C20H26N2O4S. The van der Waals surface area contributed by atoms with Crippen molar-refractivity contribution in [1.82, 2.24) is 8.87 Å². The van der Waals surface area contributed by atoms with Gasteiger partial charge in [0.1, 0.15) is 5.76 Å². The third-order valence-electron chi connectivity index (χ3n) is 5.68. The molecule has 0 radical (unpaired) electrons. The number of nitrogens with zero attached hydrogens (tertiary/aromatic N) is 2. The third kappa shape index (κ3) is 3.57. The second-order valence-corrected chi connectivity index (χ2v) is 9.92. The summed E-state index contributed by atoms with van der Waals surface area (Å²) in [6, 6.07) is 1.87. The Morgan fingerprint density at radius 1 is 1.26 bits per heavy atom. The Balaban J connectivity index is 1.80. The standard InChI is InChI=1S/C20H26N2O4S/c1-13-8-16(11-21(2)20(13)23)17-10-18-15(6-7-22(18)27(3,24)25)9-19(17)26-12-14-4-5-14/h8,10-11,14-15H,4-7,9,12H2,1-3H3. The molecule has 1 saturated carbocycles. The zero-order valence-corrected chi connectivity index (χ0v) is 16.9. The fourth-order valence-corrected chi connectivity index (χ4v) is 5.00. The largest absolute Gasteiger partial charge is 0.497 e. The first-order valence-electron chi connectivity index (χ1n) is 9.47.